The summed E-state index contributed by atoms with van der Waals surface area (Å²) in [4.78, 5) is 12.4. The fourth-order valence-corrected chi connectivity index (χ4v) is 3.26. The lowest BCUT2D eigenvalue weighted by Gasteiger charge is -2.17. The highest BCUT2D eigenvalue weighted by atomic mass is 32.2. The Morgan fingerprint density at radius 1 is 1.04 bits per heavy atom. The average molecular weight is 407 g/mol. The van der Waals surface area contributed by atoms with Crippen LogP contribution in [0.1, 0.15) is 13.3 Å². The van der Waals surface area contributed by atoms with E-state index in [1.807, 2.05) is 25.1 Å². The summed E-state index contributed by atoms with van der Waals surface area (Å²) in [5.41, 5.74) is 0. The zero-order valence-corrected chi connectivity index (χ0v) is 17.1. The normalized spacial score (nSPS) is 12.4. The largest absolute Gasteiger partial charge is 0.492 e. The molecular weight excluding hydrogens is 380 g/mol. The summed E-state index contributed by atoms with van der Waals surface area (Å²) in [5, 5.41) is 2.78. The summed E-state index contributed by atoms with van der Waals surface area (Å²) >= 11 is 0. The van der Waals surface area contributed by atoms with Crippen molar-refractivity contribution >= 4 is 15.9 Å². The van der Waals surface area contributed by atoms with Crippen molar-refractivity contribution in [3.05, 3.63) is 54.6 Å². The van der Waals surface area contributed by atoms with Gasteiger partial charge in [-0.1, -0.05) is 25.1 Å². The van der Waals surface area contributed by atoms with Crippen LogP contribution in [0, 0.1) is 0 Å². The van der Waals surface area contributed by atoms with E-state index in [4.69, 9.17) is 9.47 Å². The fourth-order valence-electron chi connectivity index (χ4n) is 2.36. The van der Waals surface area contributed by atoms with Crippen molar-refractivity contribution in [3.8, 4) is 11.5 Å². The molecule has 152 valence electrons. The van der Waals surface area contributed by atoms with Crippen LogP contribution in [0.3, 0.4) is 0 Å². The topological polar surface area (TPSA) is 84.9 Å². The molecule has 0 aliphatic heterocycles. The van der Waals surface area contributed by atoms with Gasteiger partial charge in [0.15, 0.2) is 6.10 Å². The molecule has 1 atom stereocenters. The molecule has 28 heavy (non-hydrogen) atoms. The second-order valence-electron chi connectivity index (χ2n) is 6.23. The van der Waals surface area contributed by atoms with E-state index >= 15 is 0 Å². The molecule has 8 heteroatoms. The Kier molecular flexibility index (Phi) is 7.83. The molecule has 7 nitrogen and oxygen atoms in total. The molecule has 0 saturated carbocycles. The third kappa shape index (κ3) is 5.97. The van der Waals surface area contributed by atoms with Crippen LogP contribution >= 0.6 is 0 Å². The van der Waals surface area contributed by atoms with Gasteiger partial charge in [-0.25, -0.2) is 12.7 Å². The second-order valence-corrected chi connectivity index (χ2v) is 8.38. The van der Waals surface area contributed by atoms with Crippen molar-refractivity contribution in [1.29, 1.82) is 0 Å². The molecule has 0 unspecified atom stereocenters. The minimum atomic E-state index is -3.46. The van der Waals surface area contributed by atoms with Gasteiger partial charge in [0.2, 0.25) is 10.0 Å². The van der Waals surface area contributed by atoms with Crippen LogP contribution < -0.4 is 14.8 Å². The van der Waals surface area contributed by atoms with Gasteiger partial charge < -0.3 is 14.8 Å². The molecule has 0 fully saturated rings. The van der Waals surface area contributed by atoms with E-state index in [0.717, 1.165) is 4.31 Å². The molecule has 0 heterocycles. The van der Waals surface area contributed by atoms with Gasteiger partial charge in [-0.3, -0.25) is 4.79 Å². The minimum Gasteiger partial charge on any atom is -0.492 e. The number of amides is 1. The molecule has 2 rings (SSSR count). The number of carbonyl (C=O) groups is 1. The highest BCUT2D eigenvalue weighted by Crippen LogP contribution is 2.18. The van der Waals surface area contributed by atoms with Crippen LogP contribution in [0.25, 0.3) is 0 Å². The van der Waals surface area contributed by atoms with E-state index in [-0.39, 0.29) is 17.4 Å². The summed E-state index contributed by atoms with van der Waals surface area (Å²) in [5.74, 6) is 0.968. The number of sulfonamides is 1. The van der Waals surface area contributed by atoms with E-state index in [9.17, 15) is 13.2 Å². The van der Waals surface area contributed by atoms with Crippen LogP contribution in [0.15, 0.2) is 59.5 Å². The van der Waals surface area contributed by atoms with Gasteiger partial charge in [-0.05, 0) is 42.8 Å². The predicted octanol–water partition coefficient (Wildman–Crippen LogP) is 2.29. The lowest BCUT2D eigenvalue weighted by Crippen LogP contribution is -2.39. The standard InChI is InChI=1S/C20H26N2O5S/c1-4-19(27-17-8-6-5-7-9-17)20(23)21-14-15-26-16-10-12-18(13-11-16)28(24,25)22(2)3/h5-13,19H,4,14-15H2,1-3H3,(H,21,23)/t19-/m1/s1. The van der Waals surface area contributed by atoms with E-state index in [2.05, 4.69) is 5.32 Å². The molecule has 0 aliphatic carbocycles. The van der Waals surface area contributed by atoms with Gasteiger partial charge in [0.1, 0.15) is 18.1 Å². The highest BCUT2D eigenvalue weighted by Gasteiger charge is 2.18. The van der Waals surface area contributed by atoms with Crippen LogP contribution in [0.2, 0.25) is 0 Å². The second kappa shape index (κ2) is 10.1. The molecular formula is C20H26N2O5S. The maximum atomic E-state index is 12.2. The Bertz CT molecular complexity index is 852. The molecule has 0 bridgehead atoms. The van der Waals surface area contributed by atoms with E-state index in [0.29, 0.717) is 24.5 Å². The quantitative estimate of drug-likeness (QED) is 0.612. The molecule has 1 amide bonds. The van der Waals surface area contributed by atoms with Crippen molar-refractivity contribution in [2.45, 2.75) is 24.3 Å². The summed E-state index contributed by atoms with van der Waals surface area (Å²) in [6, 6.07) is 15.4. The van der Waals surface area contributed by atoms with Crippen LogP contribution in [0.5, 0.6) is 11.5 Å². The Labute approximate surface area is 166 Å². The van der Waals surface area contributed by atoms with Gasteiger partial charge in [0.05, 0.1) is 11.4 Å². The lowest BCUT2D eigenvalue weighted by atomic mass is 10.2. The molecule has 0 radical (unpaired) electrons. The summed E-state index contributed by atoms with van der Waals surface area (Å²) < 4.78 is 36.5. The predicted molar refractivity (Wildman–Crippen MR) is 107 cm³/mol. The minimum absolute atomic E-state index is 0.196. The van der Waals surface area contributed by atoms with Crippen molar-refractivity contribution < 1.29 is 22.7 Å². The zero-order chi connectivity index (χ0) is 20.6. The fraction of sp³-hybridized carbons (Fsp3) is 0.350. The summed E-state index contributed by atoms with van der Waals surface area (Å²) in [6.45, 7) is 2.45. The van der Waals surface area contributed by atoms with Crippen molar-refractivity contribution in [3.63, 3.8) is 0 Å². The first-order chi connectivity index (χ1) is 13.3. The van der Waals surface area contributed by atoms with Gasteiger partial charge >= 0.3 is 0 Å². The number of hydrogen-bond donors (Lipinski definition) is 1. The molecule has 0 aromatic heterocycles. The SMILES string of the molecule is CC[C@@H](Oc1ccccc1)C(=O)NCCOc1ccc(S(=O)(=O)N(C)C)cc1. The Morgan fingerprint density at radius 2 is 1.68 bits per heavy atom. The van der Waals surface area contributed by atoms with Crippen LogP contribution in [-0.4, -0.2) is 52.0 Å². The maximum absolute atomic E-state index is 12.2. The number of para-hydroxylation sites is 1. The van der Waals surface area contributed by atoms with Crippen LogP contribution in [0.4, 0.5) is 0 Å². The highest BCUT2D eigenvalue weighted by molar-refractivity contribution is 7.89. The van der Waals surface area contributed by atoms with Crippen molar-refractivity contribution in [1.82, 2.24) is 9.62 Å². The van der Waals surface area contributed by atoms with Crippen LogP contribution in [-0.2, 0) is 14.8 Å². The van der Waals surface area contributed by atoms with Crippen molar-refractivity contribution in [2.24, 2.45) is 0 Å². The number of nitrogens with one attached hydrogen (secondary N) is 1. The first-order valence-electron chi connectivity index (χ1n) is 8.99. The lowest BCUT2D eigenvalue weighted by molar-refractivity contribution is -0.128. The first kappa shape index (κ1) is 21.7. The molecule has 0 spiro atoms. The third-order valence-electron chi connectivity index (χ3n) is 3.96. The number of nitrogens with zero attached hydrogens (tertiary/aromatic N) is 1. The molecule has 2 aromatic rings. The van der Waals surface area contributed by atoms with Gasteiger partial charge in [-0.2, -0.15) is 0 Å². The number of ether oxygens (including phenoxy) is 2. The van der Waals surface area contributed by atoms with E-state index < -0.39 is 16.1 Å². The number of carbonyl (C=O) groups excluding carboxylic acids is 1. The molecule has 1 N–H and O–H groups in total. The smallest absolute Gasteiger partial charge is 0.261 e. The average Bonchev–Trinajstić information content (AvgIpc) is 2.70. The summed E-state index contributed by atoms with van der Waals surface area (Å²) in [7, 11) is -0.502. The van der Waals surface area contributed by atoms with E-state index in [1.54, 1.807) is 24.3 Å². The molecule has 0 aliphatic rings. The van der Waals surface area contributed by atoms with E-state index in [1.165, 1.54) is 26.2 Å². The number of benzene rings is 2. The Hall–Kier alpha value is -2.58. The van der Waals surface area contributed by atoms with Gasteiger partial charge in [-0.15, -0.1) is 0 Å². The zero-order valence-electron chi connectivity index (χ0n) is 16.3. The van der Waals surface area contributed by atoms with Crippen molar-refractivity contribution in [2.75, 3.05) is 27.2 Å². The maximum Gasteiger partial charge on any atom is 0.261 e. The third-order valence-corrected chi connectivity index (χ3v) is 5.79. The van der Waals surface area contributed by atoms with Gasteiger partial charge in [0.25, 0.3) is 5.91 Å². The molecule has 2 aromatic carbocycles. The first-order valence-corrected chi connectivity index (χ1v) is 10.4. The summed E-state index contributed by atoms with van der Waals surface area (Å²) in [6.07, 6.45) is -0.0263. The number of hydrogen-bond acceptors (Lipinski definition) is 5. The number of rotatable bonds is 10. The monoisotopic (exact) mass is 406 g/mol. The molecule has 0 saturated heterocycles. The Balaban J connectivity index is 1.79. The van der Waals surface area contributed by atoms with Gasteiger partial charge in [0, 0.05) is 14.1 Å². The Morgan fingerprint density at radius 3 is 2.25 bits per heavy atom.